The predicted octanol–water partition coefficient (Wildman–Crippen LogP) is 2.94. The normalized spacial score (nSPS) is 11.6. The summed E-state index contributed by atoms with van der Waals surface area (Å²) in [6.07, 6.45) is 0. The minimum Gasteiger partial charge on any atom is -0.309 e. The number of benzene rings is 1. The SMILES string of the molecule is CC(=O)CNCC(C)(C)c1cc(Cl)ccc1F. The van der Waals surface area contributed by atoms with Gasteiger partial charge in [-0.15, -0.1) is 0 Å². The number of hydrogen-bond acceptors (Lipinski definition) is 2. The first kappa shape index (κ1) is 14.1. The Morgan fingerprint density at radius 2 is 2.12 bits per heavy atom. The molecule has 4 heteroatoms. The third-order valence-electron chi connectivity index (χ3n) is 2.60. The smallest absolute Gasteiger partial charge is 0.143 e. The van der Waals surface area contributed by atoms with Crippen LogP contribution in [0.15, 0.2) is 18.2 Å². The summed E-state index contributed by atoms with van der Waals surface area (Å²) in [7, 11) is 0. The second-order valence-electron chi connectivity index (χ2n) is 4.81. The highest BCUT2D eigenvalue weighted by atomic mass is 35.5. The standard InChI is InChI=1S/C13H17ClFNO/c1-9(17)7-16-8-13(2,3)11-6-10(14)4-5-12(11)15/h4-6,16H,7-8H2,1-3H3. The first-order valence-corrected chi connectivity index (χ1v) is 5.86. The highest BCUT2D eigenvalue weighted by Crippen LogP contribution is 2.27. The summed E-state index contributed by atoms with van der Waals surface area (Å²) < 4.78 is 13.7. The summed E-state index contributed by atoms with van der Waals surface area (Å²) in [5.41, 5.74) is 0.144. The van der Waals surface area contributed by atoms with E-state index in [1.807, 2.05) is 13.8 Å². The molecule has 1 aromatic carbocycles. The van der Waals surface area contributed by atoms with E-state index in [9.17, 15) is 9.18 Å². The van der Waals surface area contributed by atoms with E-state index in [4.69, 9.17) is 11.6 Å². The van der Waals surface area contributed by atoms with Gasteiger partial charge in [0, 0.05) is 17.0 Å². The van der Waals surface area contributed by atoms with Gasteiger partial charge in [0.15, 0.2) is 0 Å². The lowest BCUT2D eigenvalue weighted by molar-refractivity contribution is -0.116. The Kier molecular flexibility index (Phi) is 4.66. The van der Waals surface area contributed by atoms with Crippen molar-refractivity contribution in [2.45, 2.75) is 26.2 Å². The minimum atomic E-state index is -0.412. The molecule has 1 N–H and O–H groups in total. The van der Waals surface area contributed by atoms with Crippen molar-refractivity contribution in [3.63, 3.8) is 0 Å². The molecule has 2 nitrogen and oxygen atoms in total. The Bertz CT molecular complexity index is 418. The summed E-state index contributed by atoms with van der Waals surface area (Å²) in [6.45, 7) is 6.15. The molecule has 0 spiro atoms. The maximum absolute atomic E-state index is 13.7. The quantitative estimate of drug-likeness (QED) is 0.879. The molecule has 0 amide bonds. The van der Waals surface area contributed by atoms with Gasteiger partial charge in [-0.25, -0.2) is 4.39 Å². The van der Waals surface area contributed by atoms with E-state index in [0.717, 1.165) is 0 Å². The fourth-order valence-corrected chi connectivity index (χ4v) is 1.83. The van der Waals surface area contributed by atoms with Crippen molar-refractivity contribution in [2.24, 2.45) is 0 Å². The summed E-state index contributed by atoms with van der Waals surface area (Å²) in [6, 6.07) is 4.52. The van der Waals surface area contributed by atoms with Crippen LogP contribution < -0.4 is 5.32 Å². The second-order valence-corrected chi connectivity index (χ2v) is 5.25. The molecule has 1 rings (SSSR count). The van der Waals surface area contributed by atoms with Gasteiger partial charge in [-0.05, 0) is 30.7 Å². The Morgan fingerprint density at radius 3 is 2.71 bits per heavy atom. The second kappa shape index (κ2) is 5.61. The summed E-state index contributed by atoms with van der Waals surface area (Å²) in [5.74, 6) is -0.212. The lowest BCUT2D eigenvalue weighted by atomic mass is 9.84. The van der Waals surface area contributed by atoms with Crippen LogP contribution in [0.1, 0.15) is 26.3 Å². The van der Waals surface area contributed by atoms with Gasteiger partial charge in [0.2, 0.25) is 0 Å². The Labute approximate surface area is 106 Å². The van der Waals surface area contributed by atoms with E-state index >= 15 is 0 Å². The summed E-state index contributed by atoms with van der Waals surface area (Å²) in [4.78, 5) is 10.8. The molecule has 0 fully saturated rings. The first-order chi connectivity index (χ1) is 7.83. The maximum atomic E-state index is 13.7. The average molecular weight is 258 g/mol. The number of carbonyl (C=O) groups is 1. The molecule has 0 aliphatic carbocycles. The number of ketones is 1. The van der Waals surface area contributed by atoms with Crippen LogP contribution in [0, 0.1) is 5.82 Å². The van der Waals surface area contributed by atoms with Gasteiger partial charge in [-0.1, -0.05) is 25.4 Å². The van der Waals surface area contributed by atoms with Crippen LogP contribution in [0.25, 0.3) is 0 Å². The predicted molar refractivity (Wildman–Crippen MR) is 68.0 cm³/mol. The molecule has 94 valence electrons. The molecule has 0 saturated carbocycles. The molecule has 17 heavy (non-hydrogen) atoms. The average Bonchev–Trinajstić information content (AvgIpc) is 2.20. The zero-order valence-electron chi connectivity index (χ0n) is 10.3. The zero-order valence-corrected chi connectivity index (χ0v) is 11.1. The van der Waals surface area contributed by atoms with E-state index < -0.39 is 5.41 Å². The molecule has 0 aliphatic heterocycles. The Morgan fingerprint density at radius 1 is 1.47 bits per heavy atom. The number of Topliss-reactive ketones (excluding diaryl/α,β-unsaturated/α-hetero) is 1. The molecule has 0 bridgehead atoms. The fourth-order valence-electron chi connectivity index (χ4n) is 1.66. The van der Waals surface area contributed by atoms with Crippen LogP contribution in [0.3, 0.4) is 0 Å². The number of halogens is 2. The van der Waals surface area contributed by atoms with E-state index in [-0.39, 0.29) is 11.6 Å². The van der Waals surface area contributed by atoms with E-state index in [1.54, 1.807) is 6.07 Å². The van der Waals surface area contributed by atoms with Gasteiger partial charge in [0.05, 0.1) is 6.54 Å². The first-order valence-electron chi connectivity index (χ1n) is 5.48. The number of nitrogens with one attached hydrogen (secondary N) is 1. The van der Waals surface area contributed by atoms with Crippen LogP contribution in [-0.4, -0.2) is 18.9 Å². The van der Waals surface area contributed by atoms with Crippen molar-refractivity contribution < 1.29 is 9.18 Å². The van der Waals surface area contributed by atoms with Crippen LogP contribution in [-0.2, 0) is 10.2 Å². The number of hydrogen-bond donors (Lipinski definition) is 1. The van der Waals surface area contributed by atoms with Gasteiger partial charge in [0.25, 0.3) is 0 Å². The highest BCUT2D eigenvalue weighted by Gasteiger charge is 2.24. The monoisotopic (exact) mass is 257 g/mol. The molecule has 1 aromatic rings. The van der Waals surface area contributed by atoms with Gasteiger partial charge in [-0.3, -0.25) is 4.79 Å². The van der Waals surface area contributed by atoms with Crippen molar-refractivity contribution in [3.8, 4) is 0 Å². The molecular formula is C13H17ClFNO. The topological polar surface area (TPSA) is 29.1 Å². The highest BCUT2D eigenvalue weighted by molar-refractivity contribution is 6.30. The third kappa shape index (κ3) is 4.10. The van der Waals surface area contributed by atoms with Crippen LogP contribution in [0.5, 0.6) is 0 Å². The lowest BCUT2D eigenvalue weighted by Crippen LogP contribution is -2.35. The van der Waals surface area contributed by atoms with Crippen molar-refractivity contribution in [1.29, 1.82) is 0 Å². The fraction of sp³-hybridized carbons (Fsp3) is 0.462. The largest absolute Gasteiger partial charge is 0.309 e. The molecule has 0 aromatic heterocycles. The minimum absolute atomic E-state index is 0.0624. The summed E-state index contributed by atoms with van der Waals surface area (Å²) >= 11 is 5.87. The number of carbonyl (C=O) groups excluding carboxylic acids is 1. The molecule has 0 saturated heterocycles. The van der Waals surface area contributed by atoms with Crippen molar-refractivity contribution in [2.75, 3.05) is 13.1 Å². The third-order valence-corrected chi connectivity index (χ3v) is 2.83. The lowest BCUT2D eigenvalue weighted by Gasteiger charge is -2.26. The summed E-state index contributed by atoms with van der Waals surface area (Å²) in [5, 5.41) is 3.53. The van der Waals surface area contributed by atoms with Gasteiger partial charge in [-0.2, -0.15) is 0 Å². The Hall–Kier alpha value is -0.930. The molecule has 0 unspecified atom stereocenters. The van der Waals surface area contributed by atoms with Crippen LogP contribution >= 0.6 is 11.6 Å². The zero-order chi connectivity index (χ0) is 13.1. The van der Waals surface area contributed by atoms with Crippen LogP contribution in [0.4, 0.5) is 4.39 Å². The Balaban J connectivity index is 2.81. The van der Waals surface area contributed by atoms with E-state index in [1.165, 1.54) is 19.1 Å². The van der Waals surface area contributed by atoms with Crippen molar-refractivity contribution in [3.05, 3.63) is 34.6 Å². The molecule has 0 atom stereocenters. The van der Waals surface area contributed by atoms with Crippen molar-refractivity contribution in [1.82, 2.24) is 5.32 Å². The van der Waals surface area contributed by atoms with Crippen molar-refractivity contribution >= 4 is 17.4 Å². The molecule has 0 radical (unpaired) electrons. The molecule has 0 aliphatic rings. The van der Waals surface area contributed by atoms with Crippen LogP contribution in [0.2, 0.25) is 5.02 Å². The van der Waals surface area contributed by atoms with Gasteiger partial charge >= 0.3 is 0 Å². The number of rotatable bonds is 5. The van der Waals surface area contributed by atoms with E-state index in [2.05, 4.69) is 5.32 Å². The van der Waals surface area contributed by atoms with Gasteiger partial charge < -0.3 is 5.32 Å². The molecular weight excluding hydrogens is 241 g/mol. The maximum Gasteiger partial charge on any atom is 0.143 e. The molecule has 0 heterocycles. The van der Waals surface area contributed by atoms with Gasteiger partial charge in [0.1, 0.15) is 11.6 Å². The van der Waals surface area contributed by atoms with E-state index in [0.29, 0.717) is 23.7 Å².